The Morgan fingerprint density at radius 1 is 0.588 bits per heavy atom. The molecule has 0 aromatic rings. The summed E-state index contributed by atoms with van der Waals surface area (Å²) in [5, 5.41) is 23.1. The van der Waals surface area contributed by atoms with Crippen LogP contribution in [0, 0.1) is 0 Å². The number of carbonyl (C=O) groups is 9. The van der Waals surface area contributed by atoms with Gasteiger partial charge in [0.25, 0.3) is 0 Å². The SMILES string of the molecule is CC(=O)CN(CC(=O)O)CC(=O)O.O=C1CCC(=O)N1.O=C1CCC(=O)N1.O=C1CCC(=O)N1. The molecule has 3 aliphatic heterocycles. The van der Waals surface area contributed by atoms with Crippen molar-refractivity contribution >= 4 is 53.2 Å². The van der Waals surface area contributed by atoms with Gasteiger partial charge in [-0.15, -0.1) is 0 Å². The maximum atomic E-state index is 10.6. The number of nitrogens with zero attached hydrogens (tertiary/aromatic N) is 1. The lowest BCUT2D eigenvalue weighted by Crippen LogP contribution is -2.37. The number of carbonyl (C=O) groups excluding carboxylic acids is 7. The van der Waals surface area contributed by atoms with Crippen molar-refractivity contribution in [2.24, 2.45) is 0 Å². The van der Waals surface area contributed by atoms with E-state index >= 15 is 0 Å². The van der Waals surface area contributed by atoms with Gasteiger partial charge in [-0.25, -0.2) is 0 Å². The van der Waals surface area contributed by atoms with Crippen molar-refractivity contribution in [3.8, 4) is 0 Å². The molecule has 15 nitrogen and oxygen atoms in total. The van der Waals surface area contributed by atoms with Crippen LogP contribution in [0.5, 0.6) is 0 Å². The molecule has 0 aliphatic carbocycles. The fourth-order valence-electron chi connectivity index (χ4n) is 2.39. The molecule has 3 aliphatic rings. The van der Waals surface area contributed by atoms with Gasteiger partial charge in [-0.1, -0.05) is 0 Å². The molecule has 0 aromatic carbocycles. The van der Waals surface area contributed by atoms with Crippen LogP contribution in [0.2, 0.25) is 0 Å². The van der Waals surface area contributed by atoms with Crippen LogP contribution in [0.25, 0.3) is 0 Å². The van der Waals surface area contributed by atoms with Gasteiger partial charge >= 0.3 is 11.9 Å². The first-order chi connectivity index (χ1) is 15.8. The molecule has 34 heavy (non-hydrogen) atoms. The predicted octanol–water partition coefficient (Wildman–Crippen LogP) is -2.68. The molecule has 0 bridgehead atoms. The van der Waals surface area contributed by atoms with Crippen LogP contribution in [0.1, 0.15) is 45.4 Å². The molecule has 6 amide bonds. The third kappa shape index (κ3) is 16.7. The Hall–Kier alpha value is -4.01. The minimum atomic E-state index is -1.15. The minimum absolute atomic E-state index is 0.148. The lowest BCUT2D eigenvalue weighted by molar-refractivity contribution is -0.142. The highest BCUT2D eigenvalue weighted by molar-refractivity contribution is 6.02. The molecular weight excluding hydrogens is 460 g/mol. The fraction of sp³-hybridized carbons (Fsp3) is 0.526. The quantitative estimate of drug-likeness (QED) is 0.242. The second-order valence-corrected chi connectivity index (χ2v) is 7.05. The van der Waals surface area contributed by atoms with Crippen LogP contribution in [0.15, 0.2) is 0 Å². The molecule has 0 spiro atoms. The van der Waals surface area contributed by atoms with Gasteiger partial charge in [-0.05, 0) is 6.92 Å². The summed E-state index contributed by atoms with van der Waals surface area (Å²) in [6.45, 7) is 0.243. The predicted molar refractivity (Wildman–Crippen MR) is 110 cm³/mol. The number of carboxylic acids is 2. The van der Waals surface area contributed by atoms with E-state index in [1.165, 1.54) is 6.92 Å². The summed E-state index contributed by atoms with van der Waals surface area (Å²) in [5.41, 5.74) is 0. The molecule has 15 heteroatoms. The molecule has 3 saturated heterocycles. The van der Waals surface area contributed by atoms with E-state index in [4.69, 9.17) is 10.2 Å². The lowest BCUT2D eigenvalue weighted by atomic mass is 10.3. The zero-order valence-corrected chi connectivity index (χ0v) is 18.4. The molecule has 0 atom stereocenters. The van der Waals surface area contributed by atoms with E-state index in [2.05, 4.69) is 16.0 Å². The standard InChI is InChI=1S/C7H11NO5.3C4H5NO2/c1-5(9)2-8(3-6(10)11)4-7(12)13;3*6-3-1-2-4(7)5-3/h2-4H2,1H3,(H,10,11)(H,12,13);3*1-2H2,(H,5,6,7). The van der Waals surface area contributed by atoms with Crippen molar-refractivity contribution in [1.82, 2.24) is 20.9 Å². The van der Waals surface area contributed by atoms with Gasteiger partial charge in [0.2, 0.25) is 35.4 Å². The normalized spacial score (nSPS) is 16.2. The van der Waals surface area contributed by atoms with E-state index < -0.39 is 25.0 Å². The molecule has 188 valence electrons. The number of Topliss-reactive ketones (excluding diaryl/α,β-unsaturated/α-hetero) is 1. The van der Waals surface area contributed by atoms with E-state index in [-0.39, 0.29) is 47.8 Å². The van der Waals surface area contributed by atoms with Crippen molar-refractivity contribution in [1.29, 1.82) is 0 Å². The summed E-state index contributed by atoms with van der Waals surface area (Å²) in [6.07, 6.45) is 2.24. The number of rotatable bonds is 6. The minimum Gasteiger partial charge on any atom is -0.480 e. The maximum Gasteiger partial charge on any atom is 0.317 e. The maximum absolute atomic E-state index is 10.6. The first kappa shape index (κ1) is 30.0. The third-order valence-corrected chi connectivity index (χ3v) is 3.74. The summed E-state index contributed by atoms with van der Waals surface area (Å²) in [5.74, 6) is -3.45. The molecule has 0 aromatic heterocycles. The smallest absolute Gasteiger partial charge is 0.317 e. The van der Waals surface area contributed by atoms with Gasteiger partial charge in [0.05, 0.1) is 19.6 Å². The monoisotopic (exact) mass is 486 g/mol. The van der Waals surface area contributed by atoms with Crippen molar-refractivity contribution in [2.75, 3.05) is 19.6 Å². The van der Waals surface area contributed by atoms with E-state index in [9.17, 15) is 43.2 Å². The Morgan fingerprint density at radius 3 is 0.941 bits per heavy atom. The Balaban J connectivity index is 0.000000445. The zero-order valence-electron chi connectivity index (χ0n) is 18.4. The average molecular weight is 486 g/mol. The van der Waals surface area contributed by atoms with Crippen LogP contribution in [0.3, 0.4) is 0 Å². The molecule has 0 radical (unpaired) electrons. The molecule has 5 N–H and O–H groups in total. The zero-order chi connectivity index (χ0) is 26.3. The second-order valence-electron chi connectivity index (χ2n) is 7.05. The largest absolute Gasteiger partial charge is 0.480 e. The first-order valence-corrected chi connectivity index (χ1v) is 9.91. The Kier molecular flexibility index (Phi) is 13.9. The summed E-state index contributed by atoms with van der Waals surface area (Å²) < 4.78 is 0. The highest BCUT2D eigenvalue weighted by Gasteiger charge is 2.17. The average Bonchev–Trinajstić information content (AvgIpc) is 3.37. The van der Waals surface area contributed by atoms with Gasteiger partial charge in [-0.3, -0.25) is 64.0 Å². The van der Waals surface area contributed by atoms with Crippen LogP contribution in [0.4, 0.5) is 0 Å². The number of amides is 6. The van der Waals surface area contributed by atoms with Crippen molar-refractivity contribution in [2.45, 2.75) is 45.4 Å². The van der Waals surface area contributed by atoms with Crippen LogP contribution < -0.4 is 16.0 Å². The highest BCUT2D eigenvalue weighted by atomic mass is 16.4. The Labute approximate surface area is 193 Å². The van der Waals surface area contributed by atoms with E-state index in [0.29, 0.717) is 38.5 Å². The number of nitrogens with one attached hydrogen (secondary N) is 3. The number of hydrogen-bond acceptors (Lipinski definition) is 10. The summed E-state index contributed by atoms with van der Waals surface area (Å²) in [7, 11) is 0. The Bertz CT molecular complexity index is 702. The van der Waals surface area contributed by atoms with E-state index in [1.807, 2.05) is 0 Å². The van der Waals surface area contributed by atoms with Crippen LogP contribution in [-0.4, -0.2) is 87.9 Å². The second kappa shape index (κ2) is 15.7. The lowest BCUT2D eigenvalue weighted by Gasteiger charge is -2.15. The number of aliphatic carboxylic acids is 2. The summed E-state index contributed by atoms with van der Waals surface area (Å²) in [4.78, 5) is 92.8. The molecule has 3 fully saturated rings. The van der Waals surface area contributed by atoms with Gasteiger partial charge in [0.15, 0.2) is 0 Å². The van der Waals surface area contributed by atoms with Gasteiger partial charge < -0.3 is 10.2 Å². The number of imide groups is 3. The third-order valence-electron chi connectivity index (χ3n) is 3.74. The number of ketones is 1. The molecule has 3 rings (SSSR count). The topological polar surface area (TPSA) is 233 Å². The van der Waals surface area contributed by atoms with Gasteiger partial charge in [-0.2, -0.15) is 0 Å². The Morgan fingerprint density at radius 2 is 0.824 bits per heavy atom. The number of hydrogen-bond donors (Lipinski definition) is 5. The first-order valence-electron chi connectivity index (χ1n) is 9.91. The molecular formula is C19H26N4O11. The van der Waals surface area contributed by atoms with Crippen LogP contribution >= 0.6 is 0 Å². The fourth-order valence-corrected chi connectivity index (χ4v) is 2.39. The molecule has 3 heterocycles. The molecule has 0 saturated carbocycles. The van der Waals surface area contributed by atoms with Gasteiger partial charge in [0.1, 0.15) is 5.78 Å². The van der Waals surface area contributed by atoms with E-state index in [1.54, 1.807) is 0 Å². The molecule has 0 unspecified atom stereocenters. The summed E-state index contributed by atoms with van der Waals surface area (Å²) >= 11 is 0. The van der Waals surface area contributed by atoms with Crippen molar-refractivity contribution in [3.05, 3.63) is 0 Å². The highest BCUT2D eigenvalue weighted by Crippen LogP contribution is 1.97. The van der Waals surface area contributed by atoms with Gasteiger partial charge in [0, 0.05) is 38.5 Å². The van der Waals surface area contributed by atoms with Crippen molar-refractivity contribution < 1.29 is 53.4 Å². The summed E-state index contributed by atoms with van der Waals surface area (Å²) in [6, 6.07) is 0. The van der Waals surface area contributed by atoms with Crippen LogP contribution in [-0.2, 0) is 43.2 Å². The van der Waals surface area contributed by atoms with Crippen molar-refractivity contribution in [3.63, 3.8) is 0 Å². The van der Waals surface area contributed by atoms with E-state index in [0.717, 1.165) is 4.90 Å². The number of carboxylic acid groups (broad SMARTS) is 2.